The van der Waals surface area contributed by atoms with Gasteiger partial charge in [0.05, 0.1) is 40.3 Å². The van der Waals surface area contributed by atoms with Crippen molar-refractivity contribution in [3.63, 3.8) is 0 Å². The summed E-state index contributed by atoms with van der Waals surface area (Å²) >= 11 is 0. The van der Waals surface area contributed by atoms with Gasteiger partial charge in [-0.1, -0.05) is 232 Å². The molecule has 9 heteroatoms. The van der Waals surface area contributed by atoms with E-state index in [0.29, 0.717) is 17.4 Å². The lowest BCUT2D eigenvalue weighted by Gasteiger charge is -2.26. The first-order chi connectivity index (χ1) is 35.6. The van der Waals surface area contributed by atoms with E-state index >= 15 is 0 Å². The Morgan fingerprint density at radius 1 is 0.425 bits per heavy atom. The average Bonchev–Trinajstić information content (AvgIpc) is 3.36. The van der Waals surface area contributed by atoms with Crippen molar-refractivity contribution >= 4 is 17.9 Å². The predicted molar refractivity (Wildman–Crippen MR) is 306 cm³/mol. The topological polar surface area (TPSA) is 111 Å². The number of quaternary nitrogens is 1. The molecule has 0 heterocycles. The molecule has 0 N–H and O–H groups in total. The molecule has 0 rings (SSSR count). The van der Waals surface area contributed by atoms with Crippen LogP contribution in [0, 0.1) is 0 Å². The fourth-order valence-corrected chi connectivity index (χ4v) is 7.59. The van der Waals surface area contributed by atoms with Gasteiger partial charge in [-0.05, 0) is 83.5 Å². The summed E-state index contributed by atoms with van der Waals surface area (Å²) in [5.74, 6) is -2.30. The number of hydrogen-bond donors (Lipinski definition) is 0. The van der Waals surface area contributed by atoms with Gasteiger partial charge in [-0.25, -0.2) is 0 Å². The maximum absolute atomic E-state index is 12.8. The molecule has 0 bridgehead atoms. The molecule has 0 radical (unpaired) electrons. The molecule has 0 aromatic rings. The molecule has 0 amide bonds. The number of hydrogen-bond acceptors (Lipinski definition) is 8. The second-order valence-corrected chi connectivity index (χ2v) is 20.2. The Labute approximate surface area is 447 Å². The predicted octanol–water partition coefficient (Wildman–Crippen LogP) is 15.8. The van der Waals surface area contributed by atoms with E-state index in [1.165, 1.54) is 83.5 Å². The van der Waals surface area contributed by atoms with Crippen LogP contribution in [0.1, 0.15) is 219 Å². The van der Waals surface area contributed by atoms with Crippen molar-refractivity contribution in [1.29, 1.82) is 0 Å². The number of carboxylic acids is 1. The van der Waals surface area contributed by atoms with Crippen molar-refractivity contribution in [3.8, 4) is 0 Å². The highest BCUT2D eigenvalue weighted by Gasteiger charge is 2.22. The van der Waals surface area contributed by atoms with Crippen LogP contribution < -0.4 is 5.11 Å². The van der Waals surface area contributed by atoms with Crippen LogP contribution in [0.3, 0.4) is 0 Å². The van der Waals surface area contributed by atoms with Gasteiger partial charge in [-0.3, -0.25) is 9.59 Å². The molecule has 9 nitrogen and oxygen atoms in total. The number of ether oxygens (including phenoxy) is 4. The summed E-state index contributed by atoms with van der Waals surface area (Å²) in [7, 11) is 5.91. The van der Waals surface area contributed by atoms with Crippen molar-refractivity contribution in [2.24, 2.45) is 0 Å². The zero-order chi connectivity index (χ0) is 53.4. The summed E-state index contributed by atoms with van der Waals surface area (Å²) in [6.45, 7) is 4.59. The van der Waals surface area contributed by atoms with Crippen molar-refractivity contribution in [3.05, 3.63) is 109 Å². The molecule has 0 aliphatic carbocycles. The zero-order valence-electron chi connectivity index (χ0n) is 47.2. The van der Waals surface area contributed by atoms with Gasteiger partial charge in [0.15, 0.2) is 12.4 Å². The number of nitrogens with zero attached hydrogens (tertiary/aromatic N) is 1. The molecule has 73 heavy (non-hydrogen) atoms. The van der Waals surface area contributed by atoms with E-state index in [4.69, 9.17) is 18.9 Å². The maximum atomic E-state index is 12.8. The summed E-state index contributed by atoms with van der Waals surface area (Å²) in [6, 6.07) is 0. The van der Waals surface area contributed by atoms with Gasteiger partial charge < -0.3 is 33.3 Å². The number of aliphatic carboxylic acids is 1. The highest BCUT2D eigenvalue weighted by atomic mass is 16.7. The van der Waals surface area contributed by atoms with Crippen molar-refractivity contribution in [2.75, 3.05) is 47.5 Å². The van der Waals surface area contributed by atoms with Crippen LogP contribution >= 0.6 is 0 Å². The summed E-state index contributed by atoms with van der Waals surface area (Å²) in [4.78, 5) is 37.0. The fraction of sp³-hybridized carbons (Fsp3) is 0.672. The molecular weight excluding hydrogens is 911 g/mol. The van der Waals surface area contributed by atoms with E-state index in [0.717, 1.165) is 103 Å². The van der Waals surface area contributed by atoms with Crippen LogP contribution in [0.25, 0.3) is 0 Å². The lowest BCUT2D eigenvalue weighted by molar-refractivity contribution is -0.870. The minimum Gasteiger partial charge on any atom is -0.545 e. The van der Waals surface area contributed by atoms with Gasteiger partial charge >= 0.3 is 11.9 Å². The molecule has 0 fully saturated rings. The number of likely N-dealkylation sites (N-methyl/N-ethyl adjacent to an activating group) is 1. The number of esters is 2. The fourth-order valence-electron chi connectivity index (χ4n) is 7.59. The quantitative estimate of drug-likeness (QED) is 0.0195. The Kier molecular flexibility index (Phi) is 51.2. The Morgan fingerprint density at radius 3 is 1.16 bits per heavy atom. The third-order valence-electron chi connectivity index (χ3n) is 12.0. The average molecular weight is 1020 g/mol. The standard InChI is InChI=1S/C64H107NO8/c1-6-8-10-12-14-16-17-18-19-20-21-22-23-24-25-26-27-28-29-30-31-32-33-34-35-36-37-38-39-40-41-42-43-44-45-47-49-51-53-55-62(67)73-60(59-72-64(63(68)69)70-57-56-65(3,4)5)58-71-61(66)54-52-50-48-46-15-13-11-9-7-2/h8,10,14,16,18-19,21-22,24-25,27-28,30-31,33-34,36-37,60,64H,6-7,9,11-13,15,17,20,23,26,29,32,35,38-59H2,1-5H3/b10-8-,16-14-,19-18-,22-21-,25-24-,28-27-,31-30-,34-33-,37-36-. The number of carboxylic acid groups (broad SMARTS) is 1. The van der Waals surface area contributed by atoms with E-state index in [9.17, 15) is 19.5 Å². The molecule has 0 aromatic heterocycles. The number of allylic oxidation sites excluding steroid dienone is 18. The normalized spacial score (nSPS) is 13.6. The van der Waals surface area contributed by atoms with Crippen LogP contribution in [-0.4, -0.2) is 82.3 Å². The second-order valence-electron chi connectivity index (χ2n) is 20.2. The zero-order valence-corrected chi connectivity index (χ0v) is 47.2. The van der Waals surface area contributed by atoms with Gasteiger partial charge in [0.25, 0.3) is 0 Å². The molecular formula is C64H107NO8. The Bertz CT molecular complexity index is 1560. The molecule has 2 unspecified atom stereocenters. The minimum atomic E-state index is -1.62. The van der Waals surface area contributed by atoms with Gasteiger partial charge in [-0.15, -0.1) is 0 Å². The van der Waals surface area contributed by atoms with Crippen LogP contribution in [-0.2, 0) is 33.3 Å². The van der Waals surface area contributed by atoms with Gasteiger partial charge in [0, 0.05) is 12.8 Å². The maximum Gasteiger partial charge on any atom is 0.306 e. The first kappa shape index (κ1) is 69.0. The molecule has 2 atom stereocenters. The lowest BCUT2D eigenvalue weighted by Crippen LogP contribution is -2.44. The smallest absolute Gasteiger partial charge is 0.306 e. The number of rotatable bonds is 52. The molecule has 0 spiro atoms. The van der Waals surface area contributed by atoms with E-state index in [1.54, 1.807) is 0 Å². The monoisotopic (exact) mass is 1020 g/mol. The molecule has 0 aliphatic heterocycles. The number of carbonyl (C=O) groups excluding carboxylic acids is 3. The minimum absolute atomic E-state index is 0.144. The SMILES string of the molecule is CC/C=C\C/C=C\C/C=C\C/C=C\C/C=C\C/C=C\C/C=C\C/C=C\C/C=C\CCCCCCCCCCCCCC(=O)OC(COC(=O)CCCCCCCCCCC)COC(OCC[N+](C)(C)C)C(=O)[O-]. The Hall–Kier alpha value is -4.05. The molecule has 0 saturated heterocycles. The Morgan fingerprint density at radius 2 is 0.781 bits per heavy atom. The molecule has 0 aromatic carbocycles. The van der Waals surface area contributed by atoms with Crippen molar-refractivity contribution in [1.82, 2.24) is 0 Å². The number of unbranched alkanes of at least 4 members (excludes halogenated alkanes) is 19. The summed E-state index contributed by atoms with van der Waals surface area (Å²) < 4.78 is 22.6. The first-order valence-electron chi connectivity index (χ1n) is 29.0. The van der Waals surface area contributed by atoms with Crippen LogP contribution in [0.2, 0.25) is 0 Å². The third kappa shape index (κ3) is 55.5. The first-order valence-corrected chi connectivity index (χ1v) is 29.0. The highest BCUT2D eigenvalue weighted by Crippen LogP contribution is 2.15. The molecule has 416 valence electrons. The van der Waals surface area contributed by atoms with Crippen LogP contribution in [0.4, 0.5) is 0 Å². The van der Waals surface area contributed by atoms with E-state index in [1.807, 2.05) is 21.1 Å². The van der Waals surface area contributed by atoms with E-state index in [-0.39, 0.29) is 38.6 Å². The molecule has 0 aliphatic rings. The largest absolute Gasteiger partial charge is 0.545 e. The third-order valence-corrected chi connectivity index (χ3v) is 12.0. The molecule has 0 saturated carbocycles. The van der Waals surface area contributed by atoms with Gasteiger partial charge in [-0.2, -0.15) is 0 Å². The summed E-state index contributed by atoms with van der Waals surface area (Å²) in [6.07, 6.45) is 71.6. The highest BCUT2D eigenvalue weighted by molar-refractivity contribution is 5.70. The summed E-state index contributed by atoms with van der Waals surface area (Å²) in [5.41, 5.74) is 0. The van der Waals surface area contributed by atoms with Gasteiger partial charge in [0.2, 0.25) is 0 Å². The van der Waals surface area contributed by atoms with Crippen LogP contribution in [0.15, 0.2) is 109 Å². The van der Waals surface area contributed by atoms with Gasteiger partial charge in [0.1, 0.15) is 13.2 Å². The second kappa shape index (κ2) is 54.2. The van der Waals surface area contributed by atoms with E-state index < -0.39 is 24.3 Å². The lowest BCUT2D eigenvalue weighted by atomic mass is 10.0. The Balaban J connectivity index is 4.07. The summed E-state index contributed by atoms with van der Waals surface area (Å²) in [5, 5.41) is 11.7. The van der Waals surface area contributed by atoms with Crippen molar-refractivity contribution < 1.29 is 42.9 Å². The number of carbonyl (C=O) groups is 3. The van der Waals surface area contributed by atoms with E-state index in [2.05, 4.69) is 123 Å². The van der Waals surface area contributed by atoms with Crippen LogP contribution in [0.5, 0.6) is 0 Å². The van der Waals surface area contributed by atoms with Crippen molar-refractivity contribution in [2.45, 2.75) is 232 Å².